The van der Waals surface area contributed by atoms with Gasteiger partial charge in [0.15, 0.2) is 0 Å². The summed E-state index contributed by atoms with van der Waals surface area (Å²) in [6, 6.07) is 7.98. The number of carboxylic acid groups (broad SMARTS) is 1. The third kappa shape index (κ3) is 2.61. The Morgan fingerprint density at radius 3 is 2.43 bits per heavy atom. The van der Waals surface area contributed by atoms with Crippen molar-refractivity contribution >= 4 is 23.6 Å². The summed E-state index contributed by atoms with van der Waals surface area (Å²) >= 11 is 5.63. The Kier molecular flexibility index (Phi) is 3.27. The van der Waals surface area contributed by atoms with E-state index in [1.807, 2.05) is 0 Å². The van der Waals surface area contributed by atoms with Crippen LogP contribution in [0.1, 0.15) is 5.56 Å². The van der Waals surface area contributed by atoms with Gasteiger partial charge in [-0.1, -0.05) is 23.7 Å². The number of hydrogen-bond donors (Lipinski definition) is 0. The lowest BCUT2D eigenvalue weighted by atomic mass is 10.1. The average Bonchev–Trinajstić information content (AvgIpc) is 2.16. The maximum atomic E-state index is 10.4. The molecule has 0 saturated carbocycles. The molecule has 1 rings (SSSR count). The van der Waals surface area contributed by atoms with Gasteiger partial charge in [0.05, 0.1) is 11.5 Å². The Bertz CT molecular complexity index is 415. The Morgan fingerprint density at radius 2 is 2.00 bits per heavy atom. The fourth-order valence-corrected chi connectivity index (χ4v) is 0.989. The van der Waals surface area contributed by atoms with Crippen LogP contribution in [0, 0.1) is 11.3 Å². The van der Waals surface area contributed by atoms with Gasteiger partial charge in [-0.2, -0.15) is 5.26 Å². The Morgan fingerprint density at radius 1 is 1.43 bits per heavy atom. The highest BCUT2D eigenvalue weighted by Gasteiger charge is 1.96. The van der Waals surface area contributed by atoms with E-state index in [4.69, 9.17) is 16.9 Å². The number of carbonyl (C=O) groups is 1. The normalized spacial score (nSPS) is 10.7. The van der Waals surface area contributed by atoms with Crippen molar-refractivity contribution < 1.29 is 9.90 Å². The van der Waals surface area contributed by atoms with Crippen molar-refractivity contribution in [3.05, 3.63) is 40.4 Å². The predicted molar refractivity (Wildman–Crippen MR) is 50.0 cm³/mol. The smallest absolute Gasteiger partial charge is 0.101 e. The molecule has 0 amide bonds. The average molecular weight is 207 g/mol. The summed E-state index contributed by atoms with van der Waals surface area (Å²) < 4.78 is 0. The molecule has 70 valence electrons. The fraction of sp³-hybridized carbons (Fsp3) is 0. The van der Waals surface area contributed by atoms with Crippen LogP contribution >= 0.6 is 11.6 Å². The van der Waals surface area contributed by atoms with Gasteiger partial charge in [0.1, 0.15) is 6.07 Å². The largest absolute Gasteiger partial charge is 0.544 e. The molecule has 0 aliphatic heterocycles. The Labute approximate surface area is 85.9 Å². The van der Waals surface area contributed by atoms with E-state index in [0.29, 0.717) is 10.6 Å². The lowest BCUT2D eigenvalue weighted by Crippen LogP contribution is -2.23. The molecule has 3 nitrogen and oxygen atoms in total. The van der Waals surface area contributed by atoms with Crippen molar-refractivity contribution in [3.63, 3.8) is 0 Å². The van der Waals surface area contributed by atoms with Crippen molar-refractivity contribution in [2.45, 2.75) is 0 Å². The summed E-state index contributed by atoms with van der Waals surface area (Å²) in [6.45, 7) is 0. The first kappa shape index (κ1) is 10.3. The molecule has 0 atom stereocenters. The van der Waals surface area contributed by atoms with Gasteiger partial charge in [0, 0.05) is 5.02 Å². The first-order valence-corrected chi connectivity index (χ1v) is 4.10. The van der Waals surface area contributed by atoms with Crippen LogP contribution in [0.25, 0.3) is 6.08 Å². The Balaban J connectivity index is 3.03. The molecule has 0 saturated heterocycles. The molecule has 1 aromatic rings. The van der Waals surface area contributed by atoms with Crippen LogP contribution in [0.4, 0.5) is 0 Å². The van der Waals surface area contributed by atoms with E-state index >= 15 is 0 Å². The van der Waals surface area contributed by atoms with E-state index in [2.05, 4.69) is 0 Å². The standard InChI is InChI=1S/C10H6ClNO2/c11-9-3-1-7(2-4-9)5-8(6-12)10(13)14/h1-5H,(H,13,14)/p-1/b8-5+. The van der Waals surface area contributed by atoms with Crippen LogP contribution < -0.4 is 5.11 Å². The molecule has 0 aliphatic rings. The second-order valence-corrected chi connectivity index (χ2v) is 2.95. The molecule has 0 radical (unpaired) electrons. The number of carbonyl (C=O) groups excluding carboxylic acids is 1. The molecule has 4 heteroatoms. The number of benzene rings is 1. The van der Waals surface area contributed by atoms with Gasteiger partial charge in [-0.15, -0.1) is 0 Å². The van der Waals surface area contributed by atoms with E-state index in [0.717, 1.165) is 0 Å². The van der Waals surface area contributed by atoms with Crippen molar-refractivity contribution in [3.8, 4) is 6.07 Å². The second kappa shape index (κ2) is 4.45. The summed E-state index contributed by atoms with van der Waals surface area (Å²) in [5.41, 5.74) is 0.183. The SMILES string of the molecule is N#C/C(=C\c1ccc(Cl)cc1)C(=O)[O-]. The Hall–Kier alpha value is -1.79. The minimum Gasteiger partial charge on any atom is -0.544 e. The third-order valence-electron chi connectivity index (χ3n) is 1.52. The highest BCUT2D eigenvalue weighted by atomic mass is 35.5. The lowest BCUT2D eigenvalue weighted by Gasteiger charge is -1.99. The second-order valence-electron chi connectivity index (χ2n) is 2.51. The van der Waals surface area contributed by atoms with Crippen LogP contribution in [0.5, 0.6) is 0 Å². The third-order valence-corrected chi connectivity index (χ3v) is 1.77. The molecular formula is C10H5ClNO2-. The maximum absolute atomic E-state index is 10.4. The highest BCUT2D eigenvalue weighted by molar-refractivity contribution is 6.30. The number of carboxylic acids is 1. The monoisotopic (exact) mass is 206 g/mol. The number of halogens is 1. The van der Waals surface area contributed by atoms with E-state index in [1.54, 1.807) is 24.3 Å². The molecule has 0 N–H and O–H groups in total. The van der Waals surface area contributed by atoms with Crippen molar-refractivity contribution in [2.75, 3.05) is 0 Å². The molecule has 0 fully saturated rings. The summed E-state index contributed by atoms with van der Waals surface area (Å²) in [7, 11) is 0. The lowest BCUT2D eigenvalue weighted by molar-refractivity contribution is -0.298. The van der Waals surface area contributed by atoms with Gasteiger partial charge >= 0.3 is 0 Å². The van der Waals surface area contributed by atoms with Gasteiger partial charge < -0.3 is 9.90 Å². The highest BCUT2D eigenvalue weighted by Crippen LogP contribution is 2.12. The molecule has 14 heavy (non-hydrogen) atoms. The molecule has 0 heterocycles. The van der Waals surface area contributed by atoms with Crippen LogP contribution in [0.15, 0.2) is 29.8 Å². The molecule has 0 spiro atoms. The van der Waals surface area contributed by atoms with Crippen LogP contribution in [-0.4, -0.2) is 5.97 Å². The molecule has 0 unspecified atom stereocenters. The molecule has 0 aliphatic carbocycles. The van der Waals surface area contributed by atoms with Crippen LogP contribution in [0.2, 0.25) is 5.02 Å². The number of nitriles is 1. The summed E-state index contributed by atoms with van der Waals surface area (Å²) in [5.74, 6) is -1.48. The maximum Gasteiger partial charge on any atom is 0.101 e. The van der Waals surface area contributed by atoms with E-state index in [1.165, 1.54) is 12.1 Å². The first-order valence-electron chi connectivity index (χ1n) is 3.72. The topological polar surface area (TPSA) is 63.9 Å². The van der Waals surface area contributed by atoms with Gasteiger partial charge in [-0.25, -0.2) is 0 Å². The minimum atomic E-state index is -1.48. The molecular weight excluding hydrogens is 202 g/mol. The van der Waals surface area contributed by atoms with E-state index < -0.39 is 11.5 Å². The summed E-state index contributed by atoms with van der Waals surface area (Å²) in [6.07, 6.45) is 1.23. The summed E-state index contributed by atoms with van der Waals surface area (Å²) in [5, 5.41) is 19.4. The molecule has 1 aromatic carbocycles. The van der Waals surface area contributed by atoms with Gasteiger partial charge in [0.2, 0.25) is 0 Å². The van der Waals surface area contributed by atoms with Gasteiger partial charge in [0.25, 0.3) is 0 Å². The fourth-order valence-electron chi connectivity index (χ4n) is 0.863. The van der Waals surface area contributed by atoms with Crippen molar-refractivity contribution in [1.29, 1.82) is 5.26 Å². The number of nitrogens with zero attached hydrogens (tertiary/aromatic N) is 1. The number of rotatable bonds is 2. The van der Waals surface area contributed by atoms with Crippen molar-refractivity contribution in [1.82, 2.24) is 0 Å². The zero-order chi connectivity index (χ0) is 10.6. The zero-order valence-electron chi connectivity index (χ0n) is 7.03. The van der Waals surface area contributed by atoms with Crippen LogP contribution in [-0.2, 0) is 4.79 Å². The van der Waals surface area contributed by atoms with E-state index in [-0.39, 0.29) is 0 Å². The van der Waals surface area contributed by atoms with Gasteiger partial charge in [-0.05, 0) is 23.8 Å². The summed E-state index contributed by atoms with van der Waals surface area (Å²) in [4.78, 5) is 10.4. The number of hydrogen-bond acceptors (Lipinski definition) is 3. The van der Waals surface area contributed by atoms with E-state index in [9.17, 15) is 9.90 Å². The zero-order valence-corrected chi connectivity index (χ0v) is 7.78. The minimum absolute atomic E-state index is 0.410. The first-order chi connectivity index (χ1) is 6.63. The molecule has 0 aromatic heterocycles. The van der Waals surface area contributed by atoms with Gasteiger partial charge in [-0.3, -0.25) is 0 Å². The van der Waals surface area contributed by atoms with Crippen molar-refractivity contribution in [2.24, 2.45) is 0 Å². The number of aliphatic carboxylic acids is 1. The quantitative estimate of drug-likeness (QED) is 0.536. The predicted octanol–water partition coefficient (Wildman–Crippen LogP) is 0.997. The molecule has 0 bridgehead atoms. The van der Waals surface area contributed by atoms with Crippen LogP contribution in [0.3, 0.4) is 0 Å².